The van der Waals surface area contributed by atoms with Crippen LogP contribution in [0.1, 0.15) is 5.56 Å². The first-order valence-electron chi connectivity index (χ1n) is 4.41. The third-order valence-electron chi connectivity index (χ3n) is 1.90. The number of nitrogens with zero attached hydrogens (tertiary/aromatic N) is 1. The van der Waals surface area contributed by atoms with Crippen molar-refractivity contribution >= 4 is 5.90 Å². The fourth-order valence-electron chi connectivity index (χ4n) is 1.16. The summed E-state index contributed by atoms with van der Waals surface area (Å²) in [5.74, 6) is 0.258. The van der Waals surface area contributed by atoms with Crippen LogP contribution < -0.4 is 0 Å². The van der Waals surface area contributed by atoms with Crippen molar-refractivity contribution in [3.05, 3.63) is 35.9 Å². The highest BCUT2D eigenvalue weighted by Crippen LogP contribution is 2.07. The van der Waals surface area contributed by atoms with Gasteiger partial charge in [0.15, 0.2) is 12.7 Å². The standard InChI is InChI=1S/C10H11NO3/c12-9-7-14-11-10(9)13-6-8-4-2-1-3-5-8/h1-5,9,12H,6-7H2/t9-/m1/s1. The van der Waals surface area contributed by atoms with Gasteiger partial charge in [-0.2, -0.15) is 0 Å². The van der Waals surface area contributed by atoms with Gasteiger partial charge in [0.05, 0.1) is 0 Å². The Morgan fingerprint density at radius 3 is 2.86 bits per heavy atom. The molecule has 0 amide bonds. The molecule has 1 aliphatic heterocycles. The van der Waals surface area contributed by atoms with Crippen molar-refractivity contribution in [2.45, 2.75) is 12.7 Å². The van der Waals surface area contributed by atoms with Gasteiger partial charge in [-0.15, -0.1) is 0 Å². The third-order valence-corrected chi connectivity index (χ3v) is 1.90. The summed E-state index contributed by atoms with van der Waals surface area (Å²) in [6.07, 6.45) is -0.723. The van der Waals surface area contributed by atoms with Crippen molar-refractivity contribution in [1.29, 1.82) is 0 Å². The highest BCUT2D eigenvalue weighted by Gasteiger charge is 2.21. The Balaban J connectivity index is 1.89. The van der Waals surface area contributed by atoms with Crippen LogP contribution in [-0.2, 0) is 16.2 Å². The van der Waals surface area contributed by atoms with Crippen molar-refractivity contribution in [3.8, 4) is 0 Å². The molecule has 0 saturated carbocycles. The molecule has 2 rings (SSSR count). The molecule has 1 atom stereocenters. The smallest absolute Gasteiger partial charge is 0.258 e. The molecule has 0 radical (unpaired) electrons. The first-order chi connectivity index (χ1) is 6.86. The van der Waals surface area contributed by atoms with Crippen LogP contribution in [0.4, 0.5) is 0 Å². The van der Waals surface area contributed by atoms with E-state index in [9.17, 15) is 5.11 Å². The van der Waals surface area contributed by atoms with Gasteiger partial charge in [-0.25, -0.2) is 0 Å². The molecule has 0 unspecified atom stereocenters. The molecule has 0 bridgehead atoms. The van der Waals surface area contributed by atoms with Crippen LogP contribution in [0.25, 0.3) is 0 Å². The maximum Gasteiger partial charge on any atom is 0.258 e. The van der Waals surface area contributed by atoms with Crippen molar-refractivity contribution < 1.29 is 14.7 Å². The molecule has 4 nitrogen and oxygen atoms in total. The summed E-state index contributed by atoms with van der Waals surface area (Å²) in [7, 11) is 0. The molecule has 4 heteroatoms. The van der Waals surface area contributed by atoms with Crippen LogP contribution in [0.15, 0.2) is 35.5 Å². The molecular weight excluding hydrogens is 182 g/mol. The Labute approximate surface area is 81.8 Å². The van der Waals surface area contributed by atoms with E-state index in [1.165, 1.54) is 0 Å². The summed E-state index contributed by atoms with van der Waals surface area (Å²) in [5.41, 5.74) is 1.04. The summed E-state index contributed by atoms with van der Waals surface area (Å²) in [4.78, 5) is 4.67. The van der Waals surface area contributed by atoms with Gasteiger partial charge < -0.3 is 14.7 Å². The first kappa shape index (κ1) is 9.02. The van der Waals surface area contributed by atoms with Crippen molar-refractivity contribution in [1.82, 2.24) is 0 Å². The normalized spacial score (nSPS) is 20.1. The Morgan fingerprint density at radius 1 is 1.43 bits per heavy atom. The summed E-state index contributed by atoms with van der Waals surface area (Å²) in [5, 5.41) is 12.9. The number of aliphatic hydroxyl groups excluding tert-OH is 1. The maximum atomic E-state index is 9.29. The molecule has 1 aliphatic rings. The zero-order chi connectivity index (χ0) is 9.80. The van der Waals surface area contributed by atoms with E-state index in [-0.39, 0.29) is 12.5 Å². The predicted molar refractivity (Wildman–Crippen MR) is 50.6 cm³/mol. The monoisotopic (exact) mass is 193 g/mol. The van der Waals surface area contributed by atoms with E-state index in [4.69, 9.17) is 4.74 Å². The van der Waals surface area contributed by atoms with E-state index in [0.29, 0.717) is 6.61 Å². The Bertz CT molecular complexity index is 323. The van der Waals surface area contributed by atoms with Gasteiger partial charge in [0, 0.05) is 0 Å². The highest BCUT2D eigenvalue weighted by atomic mass is 16.7. The summed E-state index contributed by atoms with van der Waals surface area (Å²) >= 11 is 0. The second kappa shape index (κ2) is 4.11. The van der Waals surface area contributed by atoms with E-state index in [2.05, 4.69) is 9.99 Å². The molecule has 14 heavy (non-hydrogen) atoms. The number of benzene rings is 1. The zero-order valence-corrected chi connectivity index (χ0v) is 7.59. The van der Waals surface area contributed by atoms with Crippen molar-refractivity contribution in [2.24, 2.45) is 5.16 Å². The van der Waals surface area contributed by atoms with E-state index in [0.717, 1.165) is 5.56 Å². The lowest BCUT2D eigenvalue weighted by atomic mass is 10.2. The number of rotatable bonds is 2. The molecule has 0 saturated heterocycles. The average molecular weight is 193 g/mol. The summed E-state index contributed by atoms with van der Waals surface area (Å²) < 4.78 is 5.28. The molecule has 1 N–H and O–H groups in total. The molecule has 1 heterocycles. The lowest BCUT2D eigenvalue weighted by molar-refractivity contribution is 0.103. The summed E-state index contributed by atoms with van der Waals surface area (Å²) in [6, 6.07) is 9.70. The molecular formula is C10H11NO3. The largest absolute Gasteiger partial charge is 0.472 e. The Kier molecular flexibility index (Phi) is 2.65. The van der Waals surface area contributed by atoms with Crippen LogP contribution in [-0.4, -0.2) is 23.7 Å². The Morgan fingerprint density at radius 2 is 2.21 bits per heavy atom. The second-order valence-electron chi connectivity index (χ2n) is 3.02. The second-order valence-corrected chi connectivity index (χ2v) is 3.02. The SMILES string of the molecule is O[C@@H]1CON=C1OCc1ccccc1. The molecule has 0 aromatic heterocycles. The number of aliphatic hydroxyl groups is 1. The topological polar surface area (TPSA) is 51.0 Å². The molecule has 1 aromatic rings. The van der Waals surface area contributed by atoms with Crippen LogP contribution in [0, 0.1) is 0 Å². The van der Waals surface area contributed by atoms with E-state index in [1.807, 2.05) is 30.3 Å². The highest BCUT2D eigenvalue weighted by molar-refractivity contribution is 5.81. The Hall–Kier alpha value is -1.55. The lowest BCUT2D eigenvalue weighted by Gasteiger charge is -2.06. The van der Waals surface area contributed by atoms with Gasteiger partial charge in [0.25, 0.3) is 5.90 Å². The minimum atomic E-state index is -0.723. The van der Waals surface area contributed by atoms with Crippen LogP contribution in [0.3, 0.4) is 0 Å². The van der Waals surface area contributed by atoms with E-state index in [1.54, 1.807) is 0 Å². The molecule has 1 aromatic carbocycles. The van der Waals surface area contributed by atoms with Gasteiger partial charge in [-0.05, 0) is 10.7 Å². The van der Waals surface area contributed by atoms with Gasteiger partial charge in [0.1, 0.15) is 6.61 Å². The average Bonchev–Trinajstić information content (AvgIpc) is 2.63. The lowest BCUT2D eigenvalue weighted by Crippen LogP contribution is -2.21. The van der Waals surface area contributed by atoms with E-state index >= 15 is 0 Å². The first-order valence-corrected chi connectivity index (χ1v) is 4.41. The predicted octanol–water partition coefficient (Wildman–Crippen LogP) is 0.908. The number of hydrogen-bond acceptors (Lipinski definition) is 4. The number of hydrogen-bond donors (Lipinski definition) is 1. The fraction of sp³-hybridized carbons (Fsp3) is 0.300. The molecule has 0 aliphatic carbocycles. The van der Waals surface area contributed by atoms with Crippen molar-refractivity contribution in [3.63, 3.8) is 0 Å². The van der Waals surface area contributed by atoms with Gasteiger partial charge in [0.2, 0.25) is 0 Å². The third kappa shape index (κ3) is 2.03. The summed E-state index contributed by atoms with van der Waals surface area (Å²) in [6.45, 7) is 0.588. The number of ether oxygens (including phenoxy) is 1. The van der Waals surface area contributed by atoms with Crippen LogP contribution in [0.2, 0.25) is 0 Å². The van der Waals surface area contributed by atoms with Gasteiger partial charge in [-0.1, -0.05) is 30.3 Å². The van der Waals surface area contributed by atoms with E-state index < -0.39 is 6.10 Å². The zero-order valence-electron chi connectivity index (χ0n) is 7.59. The van der Waals surface area contributed by atoms with Crippen LogP contribution >= 0.6 is 0 Å². The quantitative estimate of drug-likeness (QED) is 0.759. The number of oxime groups is 1. The van der Waals surface area contributed by atoms with Gasteiger partial charge >= 0.3 is 0 Å². The fourth-order valence-corrected chi connectivity index (χ4v) is 1.16. The molecule has 0 spiro atoms. The molecule has 0 fully saturated rings. The van der Waals surface area contributed by atoms with Crippen LogP contribution in [0.5, 0.6) is 0 Å². The minimum Gasteiger partial charge on any atom is -0.472 e. The maximum absolute atomic E-state index is 9.29. The van der Waals surface area contributed by atoms with Gasteiger partial charge in [-0.3, -0.25) is 0 Å². The minimum absolute atomic E-state index is 0.185. The molecule has 74 valence electrons. The van der Waals surface area contributed by atoms with Crippen molar-refractivity contribution in [2.75, 3.05) is 6.61 Å².